The van der Waals surface area contributed by atoms with Crippen LogP contribution in [0.15, 0.2) is 72.9 Å². The number of anilines is 1. The van der Waals surface area contributed by atoms with Crippen molar-refractivity contribution in [2.75, 3.05) is 39.2 Å². The van der Waals surface area contributed by atoms with Crippen LogP contribution in [0.4, 0.5) is 10.5 Å². The molecule has 4 rings (SSSR count). The molecule has 3 aromatic carbocycles. The first-order chi connectivity index (χ1) is 20.3. The first kappa shape index (κ1) is 30.5. The molecule has 0 radical (unpaired) electrons. The Kier molecular flexibility index (Phi) is 10.5. The van der Waals surface area contributed by atoms with E-state index in [0.29, 0.717) is 37.6 Å². The summed E-state index contributed by atoms with van der Waals surface area (Å²) < 4.78 is 10.9. The molecule has 1 heterocycles. The van der Waals surface area contributed by atoms with Gasteiger partial charge in [-0.15, -0.1) is 0 Å². The number of rotatable bonds is 13. The molecule has 0 aliphatic heterocycles. The molecule has 0 spiro atoms. The Balaban J connectivity index is 1.56. The smallest absolute Gasteiger partial charge is 0.322 e. The lowest BCUT2D eigenvalue weighted by Gasteiger charge is -2.29. The van der Waals surface area contributed by atoms with E-state index < -0.39 is 0 Å². The van der Waals surface area contributed by atoms with E-state index in [9.17, 15) is 9.59 Å². The number of nitrogens with one attached hydrogen (secondary N) is 2. The number of benzene rings is 3. The van der Waals surface area contributed by atoms with Crippen molar-refractivity contribution in [1.82, 2.24) is 14.8 Å². The van der Waals surface area contributed by atoms with Crippen molar-refractivity contribution < 1.29 is 19.1 Å². The van der Waals surface area contributed by atoms with Gasteiger partial charge in [0.25, 0.3) is 0 Å². The number of amides is 3. The third-order valence-corrected chi connectivity index (χ3v) is 7.29. The van der Waals surface area contributed by atoms with Crippen LogP contribution in [0.3, 0.4) is 0 Å². The molecule has 0 unspecified atom stereocenters. The third-order valence-electron chi connectivity index (χ3n) is 7.29. The summed E-state index contributed by atoms with van der Waals surface area (Å²) in [7, 11) is 3.20. The predicted octanol–water partition coefficient (Wildman–Crippen LogP) is 6.51. The zero-order chi connectivity index (χ0) is 30.1. The summed E-state index contributed by atoms with van der Waals surface area (Å²) in [6.45, 7) is 7.45. The van der Waals surface area contributed by atoms with E-state index in [-0.39, 0.29) is 24.4 Å². The summed E-state index contributed by atoms with van der Waals surface area (Å²) in [4.78, 5) is 34.1. The van der Waals surface area contributed by atoms with Gasteiger partial charge in [-0.3, -0.25) is 4.79 Å². The zero-order valence-corrected chi connectivity index (χ0v) is 25.3. The van der Waals surface area contributed by atoms with Crippen LogP contribution >= 0.6 is 0 Å². The molecule has 0 fully saturated rings. The van der Waals surface area contributed by atoms with Gasteiger partial charge in [-0.25, -0.2) is 4.79 Å². The maximum absolute atomic E-state index is 13.9. The summed E-state index contributed by atoms with van der Waals surface area (Å²) in [6.07, 6.45) is 3.55. The Hall–Kier alpha value is -4.46. The first-order valence-corrected chi connectivity index (χ1v) is 14.5. The number of aromatic nitrogens is 1. The Morgan fingerprint density at radius 3 is 2.43 bits per heavy atom. The maximum Gasteiger partial charge on any atom is 0.322 e. The molecule has 8 heteroatoms. The summed E-state index contributed by atoms with van der Waals surface area (Å²) >= 11 is 0. The van der Waals surface area contributed by atoms with E-state index in [2.05, 4.69) is 23.3 Å². The number of carbonyl (C=O) groups excluding carboxylic acids is 2. The van der Waals surface area contributed by atoms with Gasteiger partial charge in [0.2, 0.25) is 5.91 Å². The van der Waals surface area contributed by atoms with Crippen molar-refractivity contribution in [2.45, 2.75) is 40.2 Å². The minimum Gasteiger partial charge on any atom is -0.493 e. The molecule has 222 valence electrons. The van der Waals surface area contributed by atoms with E-state index >= 15 is 0 Å². The second-order valence-corrected chi connectivity index (χ2v) is 10.9. The van der Waals surface area contributed by atoms with Crippen LogP contribution in [-0.4, -0.2) is 60.6 Å². The number of para-hydroxylation sites is 1. The van der Waals surface area contributed by atoms with E-state index in [0.717, 1.165) is 39.7 Å². The number of aromatic amines is 1. The number of aryl methyl sites for hydroxylation is 1. The summed E-state index contributed by atoms with van der Waals surface area (Å²) in [5, 5.41) is 4.14. The first-order valence-electron chi connectivity index (χ1n) is 14.5. The summed E-state index contributed by atoms with van der Waals surface area (Å²) in [5.74, 6) is 1.30. The van der Waals surface area contributed by atoms with Crippen molar-refractivity contribution >= 4 is 28.5 Å². The highest BCUT2D eigenvalue weighted by molar-refractivity contribution is 5.92. The Bertz CT molecular complexity index is 1500. The quantitative estimate of drug-likeness (QED) is 0.192. The minimum atomic E-state index is -0.284. The summed E-state index contributed by atoms with van der Waals surface area (Å²) in [6, 6.07) is 21.4. The van der Waals surface area contributed by atoms with Gasteiger partial charge in [0.15, 0.2) is 11.5 Å². The number of nitrogens with zero attached hydrogens (tertiary/aromatic N) is 2. The Morgan fingerprint density at radius 2 is 1.69 bits per heavy atom. The van der Waals surface area contributed by atoms with Crippen molar-refractivity contribution in [2.24, 2.45) is 5.92 Å². The van der Waals surface area contributed by atoms with Crippen LogP contribution in [0, 0.1) is 5.92 Å². The lowest BCUT2D eigenvalue weighted by Crippen LogP contribution is -2.46. The standard InChI is InChI=1S/C34H42N4O4/c1-6-25-10-9-11-28(18-25)36-34(40)38(21-24(2)3)23-33(39)37(22-26-14-15-31(41-4)32(19-26)42-5)17-16-27-20-35-30-13-8-7-12-29(27)30/h7-15,18-20,24,35H,6,16-17,21-23H2,1-5H3,(H,36,40). The maximum atomic E-state index is 13.9. The van der Waals surface area contributed by atoms with E-state index in [1.54, 1.807) is 19.1 Å². The average molecular weight is 571 g/mol. The van der Waals surface area contributed by atoms with Crippen LogP contribution in [0.25, 0.3) is 10.9 Å². The number of carbonyl (C=O) groups is 2. The molecule has 0 atom stereocenters. The largest absolute Gasteiger partial charge is 0.493 e. The highest BCUT2D eigenvalue weighted by Gasteiger charge is 2.23. The topological polar surface area (TPSA) is 86.9 Å². The SMILES string of the molecule is CCc1cccc(NC(=O)N(CC(=O)N(CCc2c[nH]c3ccccc23)Cc2ccc(OC)c(OC)c2)CC(C)C)c1. The number of H-pyrrole nitrogens is 1. The van der Waals surface area contributed by atoms with Crippen molar-refractivity contribution in [3.8, 4) is 11.5 Å². The molecular formula is C34H42N4O4. The van der Waals surface area contributed by atoms with Crippen LogP contribution in [-0.2, 0) is 24.2 Å². The monoisotopic (exact) mass is 570 g/mol. The van der Waals surface area contributed by atoms with Gasteiger partial charge >= 0.3 is 6.03 Å². The normalized spacial score (nSPS) is 11.0. The van der Waals surface area contributed by atoms with Gasteiger partial charge in [0.05, 0.1) is 14.2 Å². The number of hydrogen-bond acceptors (Lipinski definition) is 4. The predicted molar refractivity (Wildman–Crippen MR) is 168 cm³/mol. The number of ether oxygens (including phenoxy) is 2. The minimum absolute atomic E-state index is 0.0291. The van der Waals surface area contributed by atoms with Gasteiger partial charge in [-0.05, 0) is 65.8 Å². The molecule has 0 aliphatic carbocycles. The van der Waals surface area contributed by atoms with Crippen molar-refractivity contribution in [3.63, 3.8) is 0 Å². The van der Waals surface area contributed by atoms with Crippen molar-refractivity contribution in [3.05, 3.63) is 89.6 Å². The van der Waals surface area contributed by atoms with E-state index in [1.807, 2.05) is 85.6 Å². The van der Waals surface area contributed by atoms with Crippen LogP contribution in [0.5, 0.6) is 11.5 Å². The fourth-order valence-electron chi connectivity index (χ4n) is 5.08. The van der Waals surface area contributed by atoms with Gasteiger partial charge in [0.1, 0.15) is 6.54 Å². The lowest BCUT2D eigenvalue weighted by molar-refractivity contribution is -0.132. The molecule has 0 bridgehead atoms. The van der Waals surface area contributed by atoms with Crippen molar-refractivity contribution in [1.29, 1.82) is 0 Å². The number of fused-ring (bicyclic) bond motifs is 1. The molecule has 0 saturated heterocycles. The number of urea groups is 1. The Morgan fingerprint density at radius 1 is 0.905 bits per heavy atom. The number of hydrogen-bond donors (Lipinski definition) is 2. The summed E-state index contributed by atoms with van der Waals surface area (Å²) in [5.41, 5.74) is 4.98. The zero-order valence-electron chi connectivity index (χ0n) is 25.3. The van der Waals surface area contributed by atoms with Gasteiger partial charge in [-0.2, -0.15) is 0 Å². The molecule has 42 heavy (non-hydrogen) atoms. The lowest BCUT2D eigenvalue weighted by atomic mass is 10.1. The van der Waals surface area contributed by atoms with Crippen LogP contribution < -0.4 is 14.8 Å². The molecule has 3 amide bonds. The molecule has 4 aromatic rings. The number of methoxy groups -OCH3 is 2. The third kappa shape index (κ3) is 7.84. The van der Waals surface area contributed by atoms with Crippen LogP contribution in [0.1, 0.15) is 37.5 Å². The second-order valence-electron chi connectivity index (χ2n) is 10.9. The fourth-order valence-corrected chi connectivity index (χ4v) is 5.08. The molecular weight excluding hydrogens is 528 g/mol. The highest BCUT2D eigenvalue weighted by Crippen LogP contribution is 2.28. The Labute approximate surface area is 248 Å². The molecule has 8 nitrogen and oxygen atoms in total. The molecule has 1 aromatic heterocycles. The van der Waals surface area contributed by atoms with Crippen LogP contribution in [0.2, 0.25) is 0 Å². The highest BCUT2D eigenvalue weighted by atomic mass is 16.5. The van der Waals surface area contributed by atoms with Gasteiger partial charge in [-0.1, -0.05) is 57.2 Å². The molecule has 2 N–H and O–H groups in total. The molecule has 0 saturated carbocycles. The second kappa shape index (κ2) is 14.4. The average Bonchev–Trinajstić information content (AvgIpc) is 3.41. The van der Waals surface area contributed by atoms with Gasteiger partial charge < -0.3 is 29.6 Å². The molecule has 0 aliphatic rings. The fraction of sp³-hybridized carbons (Fsp3) is 0.353. The van der Waals surface area contributed by atoms with E-state index in [1.165, 1.54) is 0 Å². The van der Waals surface area contributed by atoms with Gasteiger partial charge in [0, 0.05) is 42.4 Å². The van der Waals surface area contributed by atoms with E-state index in [4.69, 9.17) is 9.47 Å².